The van der Waals surface area contributed by atoms with E-state index in [0.29, 0.717) is 13.0 Å². The number of amides is 2. The fourth-order valence-electron chi connectivity index (χ4n) is 2.38. The Hall–Kier alpha value is -2.38. The van der Waals surface area contributed by atoms with Crippen LogP contribution in [0.1, 0.15) is 29.6 Å². The van der Waals surface area contributed by atoms with E-state index in [1.807, 2.05) is 0 Å². The van der Waals surface area contributed by atoms with Crippen molar-refractivity contribution in [3.8, 4) is 11.5 Å². The molecule has 2 N–H and O–H groups in total. The number of carbonyl (C=O) groups is 2. The van der Waals surface area contributed by atoms with E-state index >= 15 is 0 Å². The van der Waals surface area contributed by atoms with Gasteiger partial charge in [0.1, 0.15) is 6.04 Å². The van der Waals surface area contributed by atoms with Gasteiger partial charge in [-0.05, 0) is 31.4 Å². The van der Waals surface area contributed by atoms with E-state index in [0.717, 1.165) is 12.8 Å². The molecular formula is C15H18F2N2O4. The average Bonchev–Trinajstić information content (AvgIpc) is 2.72. The van der Waals surface area contributed by atoms with Crippen molar-refractivity contribution >= 4 is 11.8 Å². The first-order valence-electron chi connectivity index (χ1n) is 7.23. The minimum Gasteiger partial charge on any atom is -0.493 e. The highest BCUT2D eigenvalue weighted by atomic mass is 19.3. The molecule has 0 aromatic heterocycles. The summed E-state index contributed by atoms with van der Waals surface area (Å²) in [6.07, 6.45) is 2.10. The second kappa shape index (κ2) is 7.75. The molecule has 0 saturated carbocycles. The topological polar surface area (TPSA) is 76.7 Å². The van der Waals surface area contributed by atoms with Crippen LogP contribution in [-0.4, -0.2) is 38.1 Å². The molecule has 2 rings (SSSR count). The molecule has 1 aromatic carbocycles. The molecule has 0 aliphatic carbocycles. The molecule has 23 heavy (non-hydrogen) atoms. The average molecular weight is 328 g/mol. The van der Waals surface area contributed by atoms with Crippen LogP contribution < -0.4 is 20.1 Å². The van der Waals surface area contributed by atoms with Gasteiger partial charge in [-0.15, -0.1) is 0 Å². The van der Waals surface area contributed by atoms with E-state index in [2.05, 4.69) is 15.4 Å². The molecular weight excluding hydrogens is 310 g/mol. The molecule has 1 aliphatic heterocycles. The van der Waals surface area contributed by atoms with Crippen molar-refractivity contribution in [2.45, 2.75) is 31.9 Å². The van der Waals surface area contributed by atoms with Gasteiger partial charge in [0, 0.05) is 6.54 Å². The third kappa shape index (κ3) is 4.30. The summed E-state index contributed by atoms with van der Waals surface area (Å²) in [7, 11) is 1.29. The van der Waals surface area contributed by atoms with Gasteiger partial charge in [-0.3, -0.25) is 9.59 Å². The van der Waals surface area contributed by atoms with Crippen molar-refractivity contribution in [1.82, 2.24) is 10.6 Å². The first-order chi connectivity index (χ1) is 11.0. The Morgan fingerprint density at radius 1 is 1.39 bits per heavy atom. The van der Waals surface area contributed by atoms with Crippen LogP contribution in [0.15, 0.2) is 18.2 Å². The Morgan fingerprint density at radius 2 is 2.17 bits per heavy atom. The van der Waals surface area contributed by atoms with Crippen molar-refractivity contribution < 1.29 is 27.8 Å². The van der Waals surface area contributed by atoms with Crippen molar-refractivity contribution in [2.75, 3.05) is 13.7 Å². The van der Waals surface area contributed by atoms with Gasteiger partial charge in [-0.1, -0.05) is 6.07 Å². The van der Waals surface area contributed by atoms with Crippen molar-refractivity contribution in [2.24, 2.45) is 0 Å². The number of hydrogen-bond acceptors (Lipinski definition) is 4. The van der Waals surface area contributed by atoms with E-state index in [1.54, 1.807) is 0 Å². The largest absolute Gasteiger partial charge is 0.493 e. The molecule has 126 valence electrons. The van der Waals surface area contributed by atoms with Gasteiger partial charge in [0.15, 0.2) is 11.5 Å². The number of carbonyl (C=O) groups excluding carboxylic acids is 2. The van der Waals surface area contributed by atoms with Crippen LogP contribution >= 0.6 is 0 Å². The number of halogens is 2. The van der Waals surface area contributed by atoms with Gasteiger partial charge < -0.3 is 20.1 Å². The summed E-state index contributed by atoms with van der Waals surface area (Å²) in [5.41, 5.74) is -0.110. The summed E-state index contributed by atoms with van der Waals surface area (Å²) < 4.78 is 34.5. The summed E-state index contributed by atoms with van der Waals surface area (Å²) in [5.74, 6) is -1.28. The molecule has 1 saturated heterocycles. The molecule has 0 bridgehead atoms. The smallest absolute Gasteiger partial charge is 0.387 e. The highest BCUT2D eigenvalue weighted by Gasteiger charge is 2.26. The lowest BCUT2D eigenvalue weighted by atomic mass is 10.1. The minimum absolute atomic E-state index is 0.0169. The highest BCUT2D eigenvalue weighted by molar-refractivity contribution is 6.00. The zero-order valence-electron chi connectivity index (χ0n) is 12.6. The maximum absolute atomic E-state index is 12.6. The zero-order chi connectivity index (χ0) is 16.8. The monoisotopic (exact) mass is 328 g/mol. The number of alkyl halides is 2. The minimum atomic E-state index is -3.10. The third-order valence-corrected chi connectivity index (χ3v) is 3.49. The van der Waals surface area contributed by atoms with Gasteiger partial charge in [0.05, 0.1) is 12.7 Å². The second-order valence-electron chi connectivity index (χ2n) is 5.03. The SMILES string of the molecule is COc1cccc(C(=O)N[C@@H]2CCCCNC2=O)c1OC(F)F. The Bertz CT molecular complexity index is 581. The van der Waals surface area contributed by atoms with Gasteiger partial charge in [0.2, 0.25) is 5.91 Å². The van der Waals surface area contributed by atoms with Gasteiger partial charge in [-0.2, -0.15) is 8.78 Å². The summed E-state index contributed by atoms with van der Waals surface area (Å²) in [5, 5.41) is 5.25. The summed E-state index contributed by atoms with van der Waals surface area (Å²) in [6, 6.07) is 3.53. The van der Waals surface area contributed by atoms with Gasteiger partial charge in [0.25, 0.3) is 5.91 Å². The summed E-state index contributed by atoms with van der Waals surface area (Å²) in [4.78, 5) is 24.2. The number of benzene rings is 1. The van der Waals surface area contributed by atoms with E-state index in [-0.39, 0.29) is 23.0 Å². The number of methoxy groups -OCH3 is 1. The third-order valence-electron chi connectivity index (χ3n) is 3.49. The first kappa shape index (κ1) is 17.0. The number of nitrogens with one attached hydrogen (secondary N) is 2. The van der Waals surface area contributed by atoms with Crippen molar-refractivity contribution in [3.63, 3.8) is 0 Å². The van der Waals surface area contributed by atoms with E-state index in [9.17, 15) is 18.4 Å². The Balaban J connectivity index is 2.22. The number of rotatable bonds is 5. The van der Waals surface area contributed by atoms with E-state index in [1.165, 1.54) is 25.3 Å². The van der Waals surface area contributed by atoms with Crippen LogP contribution in [0.2, 0.25) is 0 Å². The maximum atomic E-state index is 12.6. The summed E-state index contributed by atoms with van der Waals surface area (Å²) in [6.45, 7) is -2.54. The van der Waals surface area contributed by atoms with Crippen LogP contribution in [-0.2, 0) is 4.79 Å². The predicted molar refractivity (Wildman–Crippen MR) is 77.7 cm³/mol. The van der Waals surface area contributed by atoms with Crippen molar-refractivity contribution in [3.05, 3.63) is 23.8 Å². The lowest BCUT2D eigenvalue weighted by molar-refractivity contribution is -0.122. The summed E-state index contributed by atoms with van der Waals surface area (Å²) >= 11 is 0. The van der Waals surface area contributed by atoms with E-state index < -0.39 is 18.6 Å². The fourth-order valence-corrected chi connectivity index (χ4v) is 2.38. The van der Waals surface area contributed by atoms with Gasteiger partial charge >= 0.3 is 6.61 Å². The lowest BCUT2D eigenvalue weighted by Crippen LogP contribution is -2.45. The highest BCUT2D eigenvalue weighted by Crippen LogP contribution is 2.32. The van der Waals surface area contributed by atoms with Crippen LogP contribution in [0.25, 0.3) is 0 Å². The van der Waals surface area contributed by atoms with Crippen LogP contribution in [0.3, 0.4) is 0 Å². The van der Waals surface area contributed by atoms with Crippen molar-refractivity contribution in [1.29, 1.82) is 0 Å². The second-order valence-corrected chi connectivity index (χ2v) is 5.03. The van der Waals surface area contributed by atoms with Crippen LogP contribution in [0, 0.1) is 0 Å². The van der Waals surface area contributed by atoms with Gasteiger partial charge in [-0.25, -0.2) is 0 Å². The first-order valence-corrected chi connectivity index (χ1v) is 7.23. The maximum Gasteiger partial charge on any atom is 0.387 e. The zero-order valence-corrected chi connectivity index (χ0v) is 12.6. The molecule has 1 heterocycles. The Kier molecular flexibility index (Phi) is 5.72. The normalized spacial score (nSPS) is 18.1. The predicted octanol–water partition coefficient (Wildman–Crippen LogP) is 1.70. The lowest BCUT2D eigenvalue weighted by Gasteiger charge is -2.18. The molecule has 1 aromatic rings. The molecule has 1 fully saturated rings. The molecule has 0 spiro atoms. The quantitative estimate of drug-likeness (QED) is 0.862. The molecule has 1 atom stereocenters. The molecule has 6 nitrogen and oxygen atoms in total. The molecule has 8 heteroatoms. The standard InChI is InChI=1S/C15H18F2N2O4/c1-22-11-7-4-5-9(12(11)23-15(16)17)13(20)19-10-6-2-3-8-18-14(10)21/h4-5,7,10,15H,2-3,6,8H2,1H3,(H,18,21)(H,19,20)/t10-/m1/s1. The number of para-hydroxylation sites is 1. The molecule has 0 unspecified atom stereocenters. The number of hydrogen-bond donors (Lipinski definition) is 2. The molecule has 2 amide bonds. The molecule has 1 aliphatic rings. The van der Waals surface area contributed by atoms with Crippen LogP contribution in [0.4, 0.5) is 8.78 Å². The van der Waals surface area contributed by atoms with E-state index in [4.69, 9.17) is 4.74 Å². The van der Waals surface area contributed by atoms with Crippen LogP contribution in [0.5, 0.6) is 11.5 Å². The fraction of sp³-hybridized carbons (Fsp3) is 0.467. The number of ether oxygens (including phenoxy) is 2. The Morgan fingerprint density at radius 3 is 2.87 bits per heavy atom. The Labute approximate surface area is 132 Å². The molecule has 0 radical (unpaired) electrons.